The zero-order valence-electron chi connectivity index (χ0n) is 16.4. The molecule has 1 saturated heterocycles. The maximum atomic E-state index is 13.9. The van der Waals surface area contributed by atoms with Crippen LogP contribution < -0.4 is 10.5 Å². The Balaban J connectivity index is 1.55. The molecule has 0 spiro atoms. The summed E-state index contributed by atoms with van der Waals surface area (Å²) in [4.78, 5) is 27.3. The van der Waals surface area contributed by atoms with Crippen LogP contribution >= 0.6 is 0 Å². The molecule has 3 N–H and O–H groups in total. The van der Waals surface area contributed by atoms with Crippen molar-refractivity contribution in [2.75, 3.05) is 6.54 Å². The number of aromatic amines is 1. The number of hydrogen-bond acceptors (Lipinski definition) is 4. The molecule has 2 aliphatic rings. The van der Waals surface area contributed by atoms with E-state index in [0.717, 1.165) is 36.1 Å². The number of carbonyl (C=O) groups is 2. The molecule has 2 amide bonds. The highest BCUT2D eigenvalue weighted by Crippen LogP contribution is 2.46. The van der Waals surface area contributed by atoms with Crippen molar-refractivity contribution in [3.63, 3.8) is 0 Å². The first kappa shape index (κ1) is 18.4. The van der Waals surface area contributed by atoms with Gasteiger partial charge in [0.1, 0.15) is 17.2 Å². The molecule has 3 aromatic rings. The van der Waals surface area contributed by atoms with Crippen molar-refractivity contribution in [2.24, 2.45) is 5.73 Å². The second-order valence-electron chi connectivity index (χ2n) is 7.73. The molecule has 3 heterocycles. The van der Waals surface area contributed by atoms with E-state index in [1.54, 1.807) is 6.07 Å². The Hall–Kier alpha value is -3.61. The lowest BCUT2D eigenvalue weighted by molar-refractivity contribution is -0.136. The summed E-state index contributed by atoms with van der Waals surface area (Å²) in [5.41, 5.74) is 8.02. The first-order chi connectivity index (χ1) is 14.6. The SMILES string of the molecule is NC(=O)c1cc([C@@H]2CCCCN2C(=O)C2c3ccccc3Oc3ccccc32)[nH]n1. The summed E-state index contributed by atoms with van der Waals surface area (Å²) in [5, 5.41) is 6.93. The van der Waals surface area contributed by atoms with Crippen LogP contribution in [0.1, 0.15) is 58.5 Å². The Morgan fingerprint density at radius 1 is 1.03 bits per heavy atom. The van der Waals surface area contributed by atoms with E-state index < -0.39 is 11.8 Å². The fraction of sp³-hybridized carbons (Fsp3) is 0.261. The van der Waals surface area contributed by atoms with Gasteiger partial charge in [-0.15, -0.1) is 0 Å². The third-order valence-electron chi connectivity index (χ3n) is 5.92. The van der Waals surface area contributed by atoms with Crippen molar-refractivity contribution in [3.8, 4) is 11.5 Å². The van der Waals surface area contributed by atoms with Gasteiger partial charge in [-0.05, 0) is 37.5 Å². The smallest absolute Gasteiger partial charge is 0.269 e. The summed E-state index contributed by atoms with van der Waals surface area (Å²) in [7, 11) is 0. The average Bonchev–Trinajstić information content (AvgIpc) is 3.27. The van der Waals surface area contributed by atoms with Crippen LogP contribution in [0.5, 0.6) is 11.5 Å². The number of piperidine rings is 1. The number of primary amides is 1. The van der Waals surface area contributed by atoms with E-state index in [9.17, 15) is 9.59 Å². The summed E-state index contributed by atoms with van der Waals surface area (Å²) in [6.07, 6.45) is 2.74. The molecule has 0 bridgehead atoms. The van der Waals surface area contributed by atoms with Gasteiger partial charge in [0, 0.05) is 17.7 Å². The molecule has 2 aliphatic heterocycles. The molecule has 7 heteroatoms. The van der Waals surface area contributed by atoms with Crippen molar-refractivity contribution in [1.82, 2.24) is 15.1 Å². The van der Waals surface area contributed by atoms with Gasteiger partial charge in [0.15, 0.2) is 0 Å². The van der Waals surface area contributed by atoms with E-state index in [4.69, 9.17) is 10.5 Å². The monoisotopic (exact) mass is 402 g/mol. The predicted octanol–water partition coefficient (Wildman–Crippen LogP) is 3.50. The van der Waals surface area contributed by atoms with Crippen LogP contribution in [-0.2, 0) is 4.79 Å². The average molecular weight is 402 g/mol. The van der Waals surface area contributed by atoms with Gasteiger partial charge in [0.25, 0.3) is 5.91 Å². The number of nitrogens with one attached hydrogen (secondary N) is 1. The van der Waals surface area contributed by atoms with Gasteiger partial charge < -0.3 is 15.4 Å². The van der Waals surface area contributed by atoms with Gasteiger partial charge in [-0.2, -0.15) is 5.10 Å². The van der Waals surface area contributed by atoms with Gasteiger partial charge in [-0.25, -0.2) is 0 Å². The first-order valence-electron chi connectivity index (χ1n) is 10.1. The van der Waals surface area contributed by atoms with E-state index in [2.05, 4.69) is 10.2 Å². The van der Waals surface area contributed by atoms with Crippen molar-refractivity contribution >= 4 is 11.8 Å². The van der Waals surface area contributed by atoms with Gasteiger partial charge >= 0.3 is 0 Å². The molecule has 152 valence electrons. The molecule has 0 saturated carbocycles. The van der Waals surface area contributed by atoms with Gasteiger partial charge in [-0.3, -0.25) is 14.7 Å². The van der Waals surface area contributed by atoms with Crippen LogP contribution in [0, 0.1) is 0 Å². The van der Waals surface area contributed by atoms with Crippen LogP contribution in [-0.4, -0.2) is 33.5 Å². The number of para-hydroxylation sites is 2. The number of nitrogens with two attached hydrogens (primary N) is 1. The van der Waals surface area contributed by atoms with E-state index in [1.165, 1.54) is 0 Å². The minimum Gasteiger partial charge on any atom is -0.457 e. The highest BCUT2D eigenvalue weighted by atomic mass is 16.5. The van der Waals surface area contributed by atoms with Crippen LogP contribution in [0.25, 0.3) is 0 Å². The van der Waals surface area contributed by atoms with E-state index in [1.807, 2.05) is 53.4 Å². The van der Waals surface area contributed by atoms with Crippen LogP contribution in [0.4, 0.5) is 0 Å². The Morgan fingerprint density at radius 2 is 1.70 bits per heavy atom. The van der Waals surface area contributed by atoms with E-state index in [0.29, 0.717) is 18.0 Å². The van der Waals surface area contributed by atoms with Crippen molar-refractivity contribution in [2.45, 2.75) is 31.2 Å². The Kier molecular flexibility index (Phi) is 4.50. The predicted molar refractivity (Wildman–Crippen MR) is 110 cm³/mol. The number of H-pyrrole nitrogens is 1. The van der Waals surface area contributed by atoms with Crippen molar-refractivity contribution in [1.29, 1.82) is 0 Å². The number of hydrogen-bond donors (Lipinski definition) is 2. The number of ether oxygens (including phenoxy) is 1. The van der Waals surface area contributed by atoms with Gasteiger partial charge in [-0.1, -0.05) is 36.4 Å². The molecule has 5 rings (SSSR count). The second-order valence-corrected chi connectivity index (χ2v) is 7.73. The normalized spacial score (nSPS) is 18.3. The standard InChI is InChI=1S/C23H22N4O3/c24-22(28)17-13-16(25-26-17)18-9-5-6-12-27(18)23(29)21-14-7-1-3-10-19(14)30-20-11-4-2-8-15(20)21/h1-4,7-8,10-11,13,18,21H,5-6,9,12H2,(H2,24,28)(H,25,26)/t18-/m0/s1. The Labute approximate surface area is 173 Å². The van der Waals surface area contributed by atoms with Crippen LogP contribution in [0.3, 0.4) is 0 Å². The van der Waals surface area contributed by atoms with E-state index >= 15 is 0 Å². The summed E-state index contributed by atoms with van der Waals surface area (Å²) in [6.45, 7) is 0.649. The Morgan fingerprint density at radius 3 is 2.33 bits per heavy atom. The molecule has 1 fully saturated rings. The minimum atomic E-state index is -0.585. The maximum absolute atomic E-state index is 13.9. The summed E-state index contributed by atoms with van der Waals surface area (Å²) in [5.74, 6) is 0.420. The summed E-state index contributed by atoms with van der Waals surface area (Å²) < 4.78 is 6.05. The lowest BCUT2D eigenvalue weighted by Gasteiger charge is -2.39. The topological polar surface area (TPSA) is 101 Å². The maximum Gasteiger partial charge on any atom is 0.269 e. The quantitative estimate of drug-likeness (QED) is 0.700. The molecule has 0 radical (unpaired) electrons. The van der Waals surface area contributed by atoms with Crippen LogP contribution in [0.15, 0.2) is 54.6 Å². The number of carbonyl (C=O) groups excluding carboxylic acids is 2. The fourth-order valence-corrected chi connectivity index (χ4v) is 4.49. The number of aromatic nitrogens is 2. The van der Waals surface area contributed by atoms with Crippen molar-refractivity contribution in [3.05, 3.63) is 77.1 Å². The minimum absolute atomic E-state index is 0.0260. The molecular weight excluding hydrogens is 380 g/mol. The largest absolute Gasteiger partial charge is 0.457 e. The molecule has 1 aromatic heterocycles. The fourth-order valence-electron chi connectivity index (χ4n) is 4.49. The third-order valence-corrected chi connectivity index (χ3v) is 5.92. The molecule has 0 unspecified atom stereocenters. The highest BCUT2D eigenvalue weighted by Gasteiger charge is 2.39. The van der Waals surface area contributed by atoms with Gasteiger partial charge in [0.2, 0.25) is 5.91 Å². The lowest BCUT2D eigenvalue weighted by Crippen LogP contribution is -2.42. The number of amides is 2. The lowest BCUT2D eigenvalue weighted by atomic mass is 9.85. The molecule has 30 heavy (non-hydrogen) atoms. The van der Waals surface area contributed by atoms with E-state index in [-0.39, 0.29) is 17.6 Å². The molecular formula is C23H22N4O3. The first-order valence-corrected chi connectivity index (χ1v) is 10.1. The van der Waals surface area contributed by atoms with Gasteiger partial charge in [0.05, 0.1) is 17.7 Å². The number of nitrogens with zero attached hydrogens (tertiary/aromatic N) is 2. The number of fused-ring (bicyclic) bond motifs is 2. The highest BCUT2D eigenvalue weighted by molar-refractivity contribution is 5.91. The number of likely N-dealkylation sites (tertiary alicyclic amines) is 1. The number of rotatable bonds is 3. The molecule has 0 aliphatic carbocycles. The molecule has 1 atom stereocenters. The Bertz CT molecular complexity index is 1080. The second kappa shape index (κ2) is 7.33. The third kappa shape index (κ3) is 3.03. The van der Waals surface area contributed by atoms with Crippen LogP contribution in [0.2, 0.25) is 0 Å². The van der Waals surface area contributed by atoms with Crippen molar-refractivity contribution < 1.29 is 14.3 Å². The zero-order chi connectivity index (χ0) is 20.7. The number of benzene rings is 2. The summed E-state index contributed by atoms with van der Waals surface area (Å²) >= 11 is 0. The summed E-state index contributed by atoms with van der Waals surface area (Å²) in [6, 6.07) is 16.9. The molecule has 7 nitrogen and oxygen atoms in total. The zero-order valence-corrected chi connectivity index (χ0v) is 16.4. The molecule has 2 aromatic carbocycles.